The molecular formula is C11H18N2O3. The summed E-state index contributed by atoms with van der Waals surface area (Å²) in [5.41, 5.74) is -0.245. The topological polar surface area (TPSA) is 58.6 Å². The van der Waals surface area contributed by atoms with Crippen molar-refractivity contribution in [3.8, 4) is 0 Å². The lowest BCUT2D eigenvalue weighted by molar-refractivity contribution is -0.148. The normalized spacial score (nSPS) is 23.6. The van der Waals surface area contributed by atoms with Gasteiger partial charge in [0, 0.05) is 20.2 Å². The number of hydrogen-bond donors (Lipinski definition) is 1. The molecule has 5 heteroatoms. The van der Waals surface area contributed by atoms with Crippen molar-refractivity contribution in [2.24, 2.45) is 0 Å². The van der Waals surface area contributed by atoms with Gasteiger partial charge in [-0.05, 0) is 19.3 Å². The number of piperazine rings is 1. The van der Waals surface area contributed by atoms with E-state index in [2.05, 4.69) is 5.32 Å². The second-order valence-corrected chi connectivity index (χ2v) is 4.58. The van der Waals surface area contributed by atoms with Crippen LogP contribution in [0.1, 0.15) is 25.7 Å². The average Bonchev–Trinajstić information content (AvgIpc) is 2.23. The van der Waals surface area contributed by atoms with Gasteiger partial charge in [-0.1, -0.05) is 0 Å². The fraction of sp³-hybridized carbons (Fsp3) is 0.818. The van der Waals surface area contributed by atoms with Crippen molar-refractivity contribution in [1.29, 1.82) is 0 Å². The van der Waals surface area contributed by atoms with Crippen LogP contribution < -0.4 is 5.32 Å². The largest absolute Gasteiger partial charge is 0.378 e. The SMILES string of the molecule is COC1(CC(=O)N2CCNC(=O)C2)CCC1. The van der Waals surface area contributed by atoms with Crippen LogP contribution in [0, 0.1) is 0 Å². The minimum Gasteiger partial charge on any atom is -0.378 e. The molecule has 1 N–H and O–H groups in total. The number of rotatable bonds is 3. The number of ether oxygens (including phenoxy) is 1. The molecule has 0 aromatic heterocycles. The molecule has 1 heterocycles. The molecule has 0 bridgehead atoms. The number of amides is 2. The molecule has 2 rings (SSSR count). The summed E-state index contributed by atoms with van der Waals surface area (Å²) in [6.45, 7) is 1.37. The van der Waals surface area contributed by atoms with Crippen LogP contribution in [0.4, 0.5) is 0 Å². The van der Waals surface area contributed by atoms with Gasteiger partial charge in [0.25, 0.3) is 0 Å². The van der Waals surface area contributed by atoms with E-state index < -0.39 is 0 Å². The molecule has 1 aliphatic heterocycles. The third-order valence-electron chi connectivity index (χ3n) is 3.56. The lowest BCUT2D eigenvalue weighted by Crippen LogP contribution is -2.52. The second-order valence-electron chi connectivity index (χ2n) is 4.58. The van der Waals surface area contributed by atoms with Gasteiger partial charge < -0.3 is 15.0 Å². The van der Waals surface area contributed by atoms with Gasteiger partial charge in [0.2, 0.25) is 11.8 Å². The molecule has 2 aliphatic rings. The van der Waals surface area contributed by atoms with Gasteiger partial charge in [-0.15, -0.1) is 0 Å². The Morgan fingerprint density at radius 1 is 1.56 bits per heavy atom. The number of hydrogen-bond acceptors (Lipinski definition) is 3. The first-order valence-corrected chi connectivity index (χ1v) is 5.75. The summed E-state index contributed by atoms with van der Waals surface area (Å²) >= 11 is 0. The Morgan fingerprint density at radius 2 is 2.31 bits per heavy atom. The minimum absolute atomic E-state index is 0.0383. The maximum absolute atomic E-state index is 12.0. The van der Waals surface area contributed by atoms with Gasteiger partial charge in [-0.3, -0.25) is 9.59 Å². The standard InChI is InChI=1S/C11H18N2O3/c1-16-11(3-2-4-11)7-10(15)13-6-5-12-9(14)8-13/h2-8H2,1H3,(H,12,14). The summed E-state index contributed by atoms with van der Waals surface area (Å²) in [5, 5.41) is 2.71. The molecule has 1 saturated carbocycles. The Labute approximate surface area is 95.1 Å². The van der Waals surface area contributed by atoms with Crippen molar-refractivity contribution < 1.29 is 14.3 Å². The van der Waals surface area contributed by atoms with E-state index in [1.165, 1.54) is 0 Å². The van der Waals surface area contributed by atoms with Gasteiger partial charge in [0.1, 0.15) is 0 Å². The van der Waals surface area contributed by atoms with E-state index in [9.17, 15) is 9.59 Å². The fourth-order valence-electron chi connectivity index (χ4n) is 2.26. The van der Waals surface area contributed by atoms with Gasteiger partial charge in [0.15, 0.2) is 0 Å². The highest BCUT2D eigenvalue weighted by atomic mass is 16.5. The van der Waals surface area contributed by atoms with Crippen LogP contribution in [0.5, 0.6) is 0 Å². The van der Waals surface area contributed by atoms with E-state index >= 15 is 0 Å². The highest BCUT2D eigenvalue weighted by Crippen LogP contribution is 2.38. The van der Waals surface area contributed by atoms with Crippen molar-refractivity contribution in [2.45, 2.75) is 31.3 Å². The number of nitrogens with one attached hydrogen (secondary N) is 1. The summed E-state index contributed by atoms with van der Waals surface area (Å²) < 4.78 is 5.41. The maximum Gasteiger partial charge on any atom is 0.239 e. The summed E-state index contributed by atoms with van der Waals surface area (Å²) in [6, 6.07) is 0. The molecule has 90 valence electrons. The molecule has 0 aromatic carbocycles. The van der Waals surface area contributed by atoms with E-state index in [0.717, 1.165) is 19.3 Å². The average molecular weight is 226 g/mol. The first-order chi connectivity index (χ1) is 7.65. The quantitative estimate of drug-likeness (QED) is 0.731. The zero-order valence-electron chi connectivity index (χ0n) is 9.62. The number of carbonyl (C=O) groups is 2. The lowest BCUT2D eigenvalue weighted by atomic mass is 9.77. The molecule has 0 radical (unpaired) electrons. The van der Waals surface area contributed by atoms with Crippen molar-refractivity contribution >= 4 is 11.8 Å². The number of nitrogens with zero attached hydrogens (tertiary/aromatic N) is 1. The Bertz CT molecular complexity index is 294. The number of carbonyl (C=O) groups excluding carboxylic acids is 2. The van der Waals surface area contributed by atoms with Crippen LogP contribution in [0.25, 0.3) is 0 Å². The Kier molecular flexibility index (Phi) is 3.14. The van der Waals surface area contributed by atoms with Crippen molar-refractivity contribution in [3.05, 3.63) is 0 Å². The van der Waals surface area contributed by atoms with Gasteiger partial charge in [-0.2, -0.15) is 0 Å². The number of methoxy groups -OCH3 is 1. The molecule has 0 atom stereocenters. The first-order valence-electron chi connectivity index (χ1n) is 5.75. The van der Waals surface area contributed by atoms with Crippen molar-refractivity contribution in [1.82, 2.24) is 10.2 Å². The molecule has 5 nitrogen and oxygen atoms in total. The van der Waals surface area contributed by atoms with Crippen LogP contribution in [0.15, 0.2) is 0 Å². The predicted octanol–water partition coefficient (Wildman–Crippen LogP) is -0.0960. The van der Waals surface area contributed by atoms with Gasteiger partial charge >= 0.3 is 0 Å². The molecular weight excluding hydrogens is 208 g/mol. The van der Waals surface area contributed by atoms with Crippen molar-refractivity contribution in [2.75, 3.05) is 26.7 Å². The lowest BCUT2D eigenvalue weighted by Gasteiger charge is -2.41. The maximum atomic E-state index is 12.0. The van der Waals surface area contributed by atoms with E-state index in [0.29, 0.717) is 19.5 Å². The molecule has 0 spiro atoms. The molecule has 16 heavy (non-hydrogen) atoms. The zero-order valence-corrected chi connectivity index (χ0v) is 9.62. The fourth-order valence-corrected chi connectivity index (χ4v) is 2.26. The monoisotopic (exact) mass is 226 g/mol. The van der Waals surface area contributed by atoms with Crippen LogP contribution in [0.2, 0.25) is 0 Å². The van der Waals surface area contributed by atoms with Gasteiger partial charge in [0.05, 0.1) is 18.6 Å². The van der Waals surface area contributed by atoms with Gasteiger partial charge in [-0.25, -0.2) is 0 Å². The predicted molar refractivity (Wildman–Crippen MR) is 57.8 cm³/mol. The molecule has 0 aromatic rings. The van der Waals surface area contributed by atoms with E-state index in [-0.39, 0.29) is 24.0 Å². The summed E-state index contributed by atoms with van der Waals surface area (Å²) in [4.78, 5) is 24.8. The van der Waals surface area contributed by atoms with Crippen LogP contribution in [-0.2, 0) is 14.3 Å². The van der Waals surface area contributed by atoms with E-state index in [1.807, 2.05) is 0 Å². The molecule has 2 amide bonds. The molecule has 2 fully saturated rings. The van der Waals surface area contributed by atoms with Crippen molar-refractivity contribution in [3.63, 3.8) is 0 Å². The molecule has 0 unspecified atom stereocenters. The van der Waals surface area contributed by atoms with E-state index in [1.54, 1.807) is 12.0 Å². The Balaban J connectivity index is 1.89. The third-order valence-corrected chi connectivity index (χ3v) is 3.56. The summed E-state index contributed by atoms with van der Waals surface area (Å²) in [7, 11) is 1.66. The highest BCUT2D eigenvalue weighted by Gasteiger charge is 2.40. The molecule has 1 saturated heterocycles. The zero-order chi connectivity index (χ0) is 11.6. The van der Waals surface area contributed by atoms with Crippen LogP contribution >= 0.6 is 0 Å². The minimum atomic E-state index is -0.245. The smallest absolute Gasteiger partial charge is 0.239 e. The van der Waals surface area contributed by atoms with Crippen LogP contribution in [0.3, 0.4) is 0 Å². The molecule has 1 aliphatic carbocycles. The van der Waals surface area contributed by atoms with E-state index in [4.69, 9.17) is 4.74 Å². The third kappa shape index (κ3) is 2.19. The summed E-state index contributed by atoms with van der Waals surface area (Å²) in [6.07, 6.45) is 3.45. The van der Waals surface area contributed by atoms with Crippen LogP contribution in [-0.4, -0.2) is 49.1 Å². The second kappa shape index (κ2) is 4.41. The highest BCUT2D eigenvalue weighted by molar-refractivity contribution is 5.86. The Morgan fingerprint density at radius 3 is 2.81 bits per heavy atom. The Hall–Kier alpha value is -1.10. The first kappa shape index (κ1) is 11.4. The summed E-state index contributed by atoms with van der Waals surface area (Å²) in [5.74, 6) is -0.0314.